The van der Waals surface area contributed by atoms with Crippen molar-refractivity contribution in [1.29, 1.82) is 0 Å². The van der Waals surface area contributed by atoms with Gasteiger partial charge in [-0.05, 0) is 31.0 Å². The van der Waals surface area contributed by atoms with Crippen molar-refractivity contribution < 1.29 is 13.6 Å². The average molecular weight is 292 g/mol. The van der Waals surface area contributed by atoms with E-state index in [1.807, 2.05) is 17.8 Å². The summed E-state index contributed by atoms with van der Waals surface area (Å²) >= 11 is 0. The molecule has 0 aliphatic heterocycles. The monoisotopic (exact) mass is 292 g/mol. The zero-order valence-corrected chi connectivity index (χ0v) is 12.1. The highest BCUT2D eigenvalue weighted by atomic mass is 19.1. The maximum Gasteiger partial charge on any atom is 0.143 e. The Kier molecular flexibility index (Phi) is 4.83. The molecule has 1 atom stereocenters. The highest BCUT2D eigenvalue weighted by Gasteiger charge is 2.12. The van der Waals surface area contributed by atoms with Gasteiger partial charge in [-0.15, -0.1) is 0 Å². The van der Waals surface area contributed by atoms with Gasteiger partial charge in [-0.2, -0.15) is 5.10 Å². The maximum absolute atomic E-state index is 13.5. The Hall–Kier alpha value is -2.04. The lowest BCUT2D eigenvalue weighted by molar-refractivity contribution is -0.117. The van der Waals surface area contributed by atoms with Crippen LogP contribution in [-0.4, -0.2) is 15.6 Å². The standard InChI is InChI=1S/C16H18F2N2O/c1-3-11(2)20-7-6-14(19-20)10-15(21)8-12-4-5-13(17)9-16(12)18/h4-7,9,11H,3,8,10H2,1-2H3. The number of hydrogen-bond acceptors (Lipinski definition) is 2. The van der Waals surface area contributed by atoms with Crippen LogP contribution in [0.3, 0.4) is 0 Å². The van der Waals surface area contributed by atoms with Crippen LogP contribution in [0.1, 0.15) is 37.6 Å². The smallest absolute Gasteiger partial charge is 0.143 e. The Balaban J connectivity index is 2.00. The molecule has 1 heterocycles. The van der Waals surface area contributed by atoms with E-state index in [9.17, 15) is 13.6 Å². The number of hydrogen-bond donors (Lipinski definition) is 0. The Morgan fingerprint density at radius 3 is 2.71 bits per heavy atom. The molecule has 0 saturated carbocycles. The topological polar surface area (TPSA) is 34.9 Å². The van der Waals surface area contributed by atoms with Crippen LogP contribution < -0.4 is 0 Å². The molecule has 0 N–H and O–H groups in total. The van der Waals surface area contributed by atoms with Crippen LogP contribution in [0, 0.1) is 11.6 Å². The molecule has 0 fully saturated rings. The van der Waals surface area contributed by atoms with E-state index >= 15 is 0 Å². The number of rotatable bonds is 6. The van der Waals surface area contributed by atoms with Crippen LogP contribution in [0.5, 0.6) is 0 Å². The van der Waals surface area contributed by atoms with Crippen LogP contribution in [0.15, 0.2) is 30.5 Å². The number of ketones is 1. The van der Waals surface area contributed by atoms with Crippen molar-refractivity contribution in [1.82, 2.24) is 9.78 Å². The third-order valence-corrected chi connectivity index (χ3v) is 3.49. The first-order valence-corrected chi connectivity index (χ1v) is 6.99. The van der Waals surface area contributed by atoms with Crippen molar-refractivity contribution in [2.45, 2.75) is 39.2 Å². The summed E-state index contributed by atoms with van der Waals surface area (Å²) in [5.74, 6) is -1.47. The van der Waals surface area contributed by atoms with Crippen molar-refractivity contribution in [3.63, 3.8) is 0 Å². The van der Waals surface area contributed by atoms with E-state index in [0.717, 1.165) is 18.6 Å². The average Bonchev–Trinajstić information content (AvgIpc) is 2.89. The molecule has 0 aliphatic carbocycles. The van der Waals surface area contributed by atoms with Gasteiger partial charge >= 0.3 is 0 Å². The van der Waals surface area contributed by atoms with Gasteiger partial charge in [0.2, 0.25) is 0 Å². The SMILES string of the molecule is CCC(C)n1ccc(CC(=O)Cc2ccc(F)cc2F)n1. The number of aromatic nitrogens is 2. The summed E-state index contributed by atoms with van der Waals surface area (Å²) < 4.78 is 28.1. The van der Waals surface area contributed by atoms with Gasteiger partial charge in [-0.25, -0.2) is 8.78 Å². The van der Waals surface area contributed by atoms with Gasteiger partial charge in [0.05, 0.1) is 12.1 Å². The molecule has 2 aromatic rings. The first-order chi connectivity index (χ1) is 9.99. The van der Waals surface area contributed by atoms with Gasteiger partial charge in [-0.3, -0.25) is 9.48 Å². The highest BCUT2D eigenvalue weighted by Crippen LogP contribution is 2.13. The van der Waals surface area contributed by atoms with Crippen molar-refractivity contribution in [3.8, 4) is 0 Å². The molecular formula is C16H18F2N2O. The number of Topliss-reactive ketones (excluding diaryl/α,β-unsaturated/α-hetero) is 1. The lowest BCUT2D eigenvalue weighted by Crippen LogP contribution is -2.10. The Labute approximate surface area is 122 Å². The van der Waals surface area contributed by atoms with Gasteiger partial charge in [0.1, 0.15) is 17.4 Å². The first kappa shape index (κ1) is 15.4. The maximum atomic E-state index is 13.5. The number of nitrogens with zero attached hydrogens (tertiary/aromatic N) is 2. The predicted octanol–water partition coefficient (Wildman–Crippen LogP) is 3.49. The molecule has 1 aromatic carbocycles. The van der Waals surface area contributed by atoms with Crippen LogP contribution >= 0.6 is 0 Å². The summed E-state index contributed by atoms with van der Waals surface area (Å²) in [5, 5.41) is 4.34. The number of halogens is 2. The van der Waals surface area contributed by atoms with Gasteiger partial charge in [0, 0.05) is 24.7 Å². The molecule has 5 heteroatoms. The Morgan fingerprint density at radius 2 is 2.05 bits per heavy atom. The van der Waals surface area contributed by atoms with Crippen molar-refractivity contribution >= 4 is 5.78 Å². The van der Waals surface area contributed by atoms with Gasteiger partial charge in [0.25, 0.3) is 0 Å². The summed E-state index contributed by atoms with van der Waals surface area (Å²) in [5.41, 5.74) is 0.880. The zero-order valence-electron chi connectivity index (χ0n) is 12.1. The molecule has 0 bridgehead atoms. The molecule has 3 nitrogen and oxygen atoms in total. The molecule has 0 radical (unpaired) electrons. The minimum atomic E-state index is -0.687. The molecule has 0 spiro atoms. The largest absolute Gasteiger partial charge is 0.299 e. The third kappa shape index (κ3) is 3.97. The number of carbonyl (C=O) groups excluding carboxylic acids is 1. The van der Waals surface area contributed by atoms with Crippen molar-refractivity contribution in [2.75, 3.05) is 0 Å². The Morgan fingerprint density at radius 1 is 1.29 bits per heavy atom. The lowest BCUT2D eigenvalue weighted by atomic mass is 10.1. The third-order valence-electron chi connectivity index (χ3n) is 3.49. The fourth-order valence-electron chi connectivity index (χ4n) is 2.05. The van der Waals surface area contributed by atoms with Crippen LogP contribution in [0.2, 0.25) is 0 Å². The normalized spacial score (nSPS) is 12.4. The van der Waals surface area contributed by atoms with Crippen LogP contribution in [-0.2, 0) is 17.6 Å². The fourth-order valence-corrected chi connectivity index (χ4v) is 2.05. The summed E-state index contributed by atoms with van der Waals surface area (Å²) in [4.78, 5) is 12.0. The summed E-state index contributed by atoms with van der Waals surface area (Å²) in [6.07, 6.45) is 2.90. The molecule has 0 aliphatic rings. The number of carbonyl (C=O) groups is 1. The molecule has 112 valence electrons. The second-order valence-corrected chi connectivity index (χ2v) is 5.17. The molecule has 0 saturated heterocycles. The lowest BCUT2D eigenvalue weighted by Gasteiger charge is -2.08. The molecule has 2 rings (SSSR count). The second kappa shape index (κ2) is 6.61. The predicted molar refractivity (Wildman–Crippen MR) is 76.0 cm³/mol. The van der Waals surface area contributed by atoms with E-state index < -0.39 is 11.6 Å². The van der Waals surface area contributed by atoms with Gasteiger partial charge in [-0.1, -0.05) is 13.0 Å². The van der Waals surface area contributed by atoms with E-state index in [-0.39, 0.29) is 30.2 Å². The fraction of sp³-hybridized carbons (Fsp3) is 0.375. The summed E-state index contributed by atoms with van der Waals surface area (Å²) in [6.45, 7) is 4.11. The van der Waals surface area contributed by atoms with Gasteiger partial charge < -0.3 is 0 Å². The quantitative estimate of drug-likeness (QED) is 0.817. The van der Waals surface area contributed by atoms with E-state index in [1.54, 1.807) is 6.07 Å². The van der Waals surface area contributed by atoms with E-state index in [0.29, 0.717) is 5.69 Å². The molecule has 0 amide bonds. The van der Waals surface area contributed by atoms with E-state index in [2.05, 4.69) is 12.0 Å². The molecule has 21 heavy (non-hydrogen) atoms. The molecule has 1 aromatic heterocycles. The summed E-state index contributed by atoms with van der Waals surface area (Å²) in [6, 6.07) is 5.33. The molecular weight excluding hydrogens is 274 g/mol. The summed E-state index contributed by atoms with van der Waals surface area (Å²) in [7, 11) is 0. The highest BCUT2D eigenvalue weighted by molar-refractivity contribution is 5.82. The van der Waals surface area contributed by atoms with Crippen molar-refractivity contribution in [2.24, 2.45) is 0 Å². The molecule has 1 unspecified atom stereocenters. The van der Waals surface area contributed by atoms with E-state index in [4.69, 9.17) is 0 Å². The van der Waals surface area contributed by atoms with Crippen LogP contribution in [0.25, 0.3) is 0 Å². The van der Waals surface area contributed by atoms with Gasteiger partial charge in [0.15, 0.2) is 0 Å². The first-order valence-electron chi connectivity index (χ1n) is 6.99. The minimum Gasteiger partial charge on any atom is -0.299 e. The minimum absolute atomic E-state index is 0.0533. The van der Waals surface area contributed by atoms with Crippen molar-refractivity contribution in [3.05, 3.63) is 53.4 Å². The van der Waals surface area contributed by atoms with E-state index in [1.165, 1.54) is 6.07 Å². The Bertz CT molecular complexity index is 637. The zero-order chi connectivity index (χ0) is 15.4. The van der Waals surface area contributed by atoms with Crippen LogP contribution in [0.4, 0.5) is 8.78 Å². The second-order valence-electron chi connectivity index (χ2n) is 5.17. The number of benzene rings is 1.